The summed E-state index contributed by atoms with van der Waals surface area (Å²) >= 11 is 0. The Labute approximate surface area is 148 Å². The first-order valence-electron chi connectivity index (χ1n) is 7.17. The molecule has 22 heavy (non-hydrogen) atoms. The summed E-state index contributed by atoms with van der Waals surface area (Å²) in [6, 6.07) is 5.86. The van der Waals surface area contributed by atoms with Crippen LogP contribution < -0.4 is 10.6 Å². The molecule has 120 valence electrons. The average molecular weight is 414 g/mol. The number of hydrogen-bond donors (Lipinski definition) is 2. The Morgan fingerprint density at radius 2 is 2.18 bits per heavy atom. The van der Waals surface area contributed by atoms with Crippen molar-refractivity contribution in [3.63, 3.8) is 0 Å². The highest BCUT2D eigenvalue weighted by atomic mass is 127. The second-order valence-corrected chi connectivity index (χ2v) is 4.72. The quantitative estimate of drug-likeness (QED) is 0.429. The molecule has 6 nitrogen and oxygen atoms in total. The molecule has 2 aromatic rings. The fourth-order valence-corrected chi connectivity index (χ4v) is 1.92. The fraction of sp³-hybridized carbons (Fsp3) is 0.400. The van der Waals surface area contributed by atoms with Gasteiger partial charge in [0.25, 0.3) is 0 Å². The number of aliphatic imine (C=N–C) groups is 1. The Hall–Kier alpha value is -1.64. The highest BCUT2D eigenvalue weighted by Gasteiger charge is 2.00. The maximum Gasteiger partial charge on any atom is 0.191 e. The monoisotopic (exact) mass is 414 g/mol. The van der Waals surface area contributed by atoms with Gasteiger partial charge in [0.1, 0.15) is 0 Å². The average Bonchev–Trinajstić information content (AvgIpc) is 2.91. The zero-order valence-electron chi connectivity index (χ0n) is 13.0. The SMILES string of the molecule is CCNC(=NCc1ccccn1)NCCc1cnn(C)c1.I. The van der Waals surface area contributed by atoms with E-state index in [-0.39, 0.29) is 24.0 Å². The highest BCUT2D eigenvalue weighted by Crippen LogP contribution is 1.97. The highest BCUT2D eigenvalue weighted by molar-refractivity contribution is 14.0. The van der Waals surface area contributed by atoms with Gasteiger partial charge in [-0.25, -0.2) is 4.99 Å². The lowest BCUT2D eigenvalue weighted by Crippen LogP contribution is -2.38. The van der Waals surface area contributed by atoms with Crippen LogP contribution >= 0.6 is 24.0 Å². The molecule has 2 aromatic heterocycles. The van der Waals surface area contributed by atoms with E-state index in [4.69, 9.17) is 0 Å². The van der Waals surface area contributed by atoms with Crippen LogP contribution in [0, 0.1) is 0 Å². The summed E-state index contributed by atoms with van der Waals surface area (Å²) in [5, 5.41) is 10.7. The largest absolute Gasteiger partial charge is 0.357 e. The Kier molecular flexibility index (Phi) is 8.49. The van der Waals surface area contributed by atoms with Gasteiger partial charge in [-0.05, 0) is 31.0 Å². The summed E-state index contributed by atoms with van der Waals surface area (Å²) in [5.74, 6) is 0.812. The first kappa shape index (κ1) is 18.4. The summed E-state index contributed by atoms with van der Waals surface area (Å²) < 4.78 is 1.82. The van der Waals surface area contributed by atoms with E-state index < -0.39 is 0 Å². The van der Waals surface area contributed by atoms with E-state index in [1.807, 2.05) is 42.3 Å². The lowest BCUT2D eigenvalue weighted by molar-refractivity contribution is 0.764. The molecule has 2 rings (SSSR count). The summed E-state index contributed by atoms with van der Waals surface area (Å²) in [6.45, 7) is 4.28. The number of aryl methyl sites for hydroxylation is 1. The zero-order valence-corrected chi connectivity index (χ0v) is 15.3. The van der Waals surface area contributed by atoms with Crippen molar-refractivity contribution in [3.8, 4) is 0 Å². The van der Waals surface area contributed by atoms with Gasteiger partial charge >= 0.3 is 0 Å². The summed E-state index contributed by atoms with van der Waals surface area (Å²) in [5.41, 5.74) is 2.17. The number of nitrogens with zero attached hydrogens (tertiary/aromatic N) is 4. The van der Waals surface area contributed by atoms with Gasteiger partial charge in [-0.15, -0.1) is 24.0 Å². The van der Waals surface area contributed by atoms with Gasteiger partial charge in [0.2, 0.25) is 0 Å². The van der Waals surface area contributed by atoms with E-state index in [1.54, 1.807) is 6.20 Å². The number of guanidine groups is 1. The molecule has 7 heteroatoms. The zero-order chi connectivity index (χ0) is 14.9. The fourth-order valence-electron chi connectivity index (χ4n) is 1.92. The van der Waals surface area contributed by atoms with Gasteiger partial charge in [-0.3, -0.25) is 9.67 Å². The molecule has 0 aliphatic carbocycles. The number of hydrogen-bond acceptors (Lipinski definition) is 3. The standard InChI is InChI=1S/C15H22N6.HI/c1-3-16-15(19-11-14-6-4-5-8-17-14)18-9-7-13-10-20-21(2)12-13;/h4-6,8,10,12H,3,7,9,11H2,1-2H3,(H2,16,18,19);1H. The Balaban J connectivity index is 0.00000242. The molecule has 0 aliphatic rings. The smallest absolute Gasteiger partial charge is 0.191 e. The van der Waals surface area contributed by atoms with Crippen LogP contribution in [0.15, 0.2) is 41.8 Å². The molecule has 2 heterocycles. The summed E-state index contributed by atoms with van der Waals surface area (Å²) in [4.78, 5) is 8.80. The first-order chi connectivity index (χ1) is 10.3. The predicted molar refractivity (Wildman–Crippen MR) is 99.4 cm³/mol. The lowest BCUT2D eigenvalue weighted by atomic mass is 10.2. The minimum atomic E-state index is 0. The molecule has 0 radical (unpaired) electrons. The number of rotatable bonds is 6. The maximum absolute atomic E-state index is 4.53. The Morgan fingerprint density at radius 1 is 1.32 bits per heavy atom. The second-order valence-electron chi connectivity index (χ2n) is 4.72. The van der Waals surface area contributed by atoms with E-state index in [2.05, 4.69) is 32.6 Å². The number of pyridine rings is 1. The lowest BCUT2D eigenvalue weighted by Gasteiger charge is -2.10. The second kappa shape index (κ2) is 10.1. The normalized spacial score (nSPS) is 10.9. The summed E-state index contributed by atoms with van der Waals surface area (Å²) in [7, 11) is 1.93. The number of aromatic nitrogens is 3. The van der Waals surface area contributed by atoms with Crippen LogP contribution in [-0.2, 0) is 20.0 Å². The van der Waals surface area contributed by atoms with Crippen molar-refractivity contribution in [2.75, 3.05) is 13.1 Å². The van der Waals surface area contributed by atoms with Crippen molar-refractivity contribution in [1.82, 2.24) is 25.4 Å². The molecular weight excluding hydrogens is 391 g/mol. The molecule has 0 aromatic carbocycles. The van der Waals surface area contributed by atoms with E-state index in [1.165, 1.54) is 5.56 Å². The molecule has 0 spiro atoms. The van der Waals surface area contributed by atoms with Crippen molar-refractivity contribution < 1.29 is 0 Å². The van der Waals surface area contributed by atoms with Crippen LogP contribution in [0.1, 0.15) is 18.2 Å². The van der Waals surface area contributed by atoms with E-state index in [0.29, 0.717) is 6.54 Å². The molecule has 0 aliphatic heterocycles. The van der Waals surface area contributed by atoms with Crippen molar-refractivity contribution in [1.29, 1.82) is 0 Å². The van der Waals surface area contributed by atoms with Gasteiger partial charge in [0.05, 0.1) is 18.4 Å². The van der Waals surface area contributed by atoms with Crippen molar-refractivity contribution >= 4 is 29.9 Å². The van der Waals surface area contributed by atoms with Crippen LogP contribution in [0.2, 0.25) is 0 Å². The summed E-state index contributed by atoms with van der Waals surface area (Å²) in [6.07, 6.45) is 6.62. The van der Waals surface area contributed by atoms with Crippen molar-refractivity contribution in [3.05, 3.63) is 48.0 Å². The molecule has 0 atom stereocenters. The van der Waals surface area contributed by atoms with E-state index >= 15 is 0 Å². The Morgan fingerprint density at radius 3 is 2.82 bits per heavy atom. The van der Waals surface area contributed by atoms with Crippen LogP contribution in [0.5, 0.6) is 0 Å². The van der Waals surface area contributed by atoms with Crippen LogP contribution in [0.3, 0.4) is 0 Å². The van der Waals surface area contributed by atoms with Crippen LogP contribution in [-0.4, -0.2) is 33.8 Å². The van der Waals surface area contributed by atoms with Gasteiger partial charge < -0.3 is 10.6 Å². The van der Waals surface area contributed by atoms with Crippen LogP contribution in [0.4, 0.5) is 0 Å². The molecule has 0 saturated carbocycles. The molecule has 0 saturated heterocycles. The molecule has 0 unspecified atom stereocenters. The van der Waals surface area contributed by atoms with Gasteiger partial charge in [-0.2, -0.15) is 5.10 Å². The minimum absolute atomic E-state index is 0. The van der Waals surface area contributed by atoms with Gasteiger partial charge in [0, 0.05) is 32.5 Å². The van der Waals surface area contributed by atoms with Gasteiger partial charge in [0.15, 0.2) is 5.96 Å². The van der Waals surface area contributed by atoms with E-state index in [9.17, 15) is 0 Å². The number of nitrogens with one attached hydrogen (secondary N) is 2. The molecular formula is C15H23IN6. The minimum Gasteiger partial charge on any atom is -0.357 e. The van der Waals surface area contributed by atoms with Crippen LogP contribution in [0.25, 0.3) is 0 Å². The molecule has 2 N–H and O–H groups in total. The number of halogens is 1. The molecule has 0 amide bonds. The molecule has 0 bridgehead atoms. The topological polar surface area (TPSA) is 67.1 Å². The Bertz CT molecular complexity index is 566. The molecule has 0 fully saturated rings. The maximum atomic E-state index is 4.53. The predicted octanol–water partition coefficient (Wildman–Crippen LogP) is 1.73. The van der Waals surface area contributed by atoms with E-state index in [0.717, 1.165) is 31.2 Å². The third-order valence-electron chi connectivity index (χ3n) is 2.93. The third-order valence-corrected chi connectivity index (χ3v) is 2.93. The third kappa shape index (κ3) is 6.42. The van der Waals surface area contributed by atoms with Crippen molar-refractivity contribution in [2.45, 2.75) is 19.9 Å². The van der Waals surface area contributed by atoms with Gasteiger partial charge in [-0.1, -0.05) is 6.07 Å². The first-order valence-corrected chi connectivity index (χ1v) is 7.17. The van der Waals surface area contributed by atoms with Crippen molar-refractivity contribution in [2.24, 2.45) is 12.0 Å².